The van der Waals surface area contributed by atoms with Gasteiger partial charge in [0.1, 0.15) is 5.82 Å². The number of piperidine rings is 1. The highest BCUT2D eigenvalue weighted by molar-refractivity contribution is 6.32. The number of amides is 1. The lowest BCUT2D eigenvalue weighted by Gasteiger charge is -2.34. The molecule has 2 N–H and O–H groups in total. The average Bonchev–Trinajstić information content (AvgIpc) is 2.54. The third kappa shape index (κ3) is 5.23. The Morgan fingerprint density at radius 3 is 2.69 bits per heavy atom. The smallest absolute Gasteiger partial charge is 0.417 e. The molecule has 1 amide bonds. The summed E-state index contributed by atoms with van der Waals surface area (Å²) in [4.78, 5) is 28.6. The first-order valence-corrected chi connectivity index (χ1v) is 8.43. The molecule has 10 heteroatoms. The lowest BCUT2D eigenvalue weighted by Crippen LogP contribution is -2.45. The minimum absolute atomic E-state index is 0.0537. The SMILES string of the molecule is CC1CC(C(=O)O)CN(C(=O)CCNc2ncc(C(F)(F)F)cc2Cl)C1. The molecule has 2 atom stereocenters. The predicted molar refractivity (Wildman–Crippen MR) is 88.8 cm³/mol. The summed E-state index contributed by atoms with van der Waals surface area (Å²) in [7, 11) is 0. The first kappa shape index (κ1) is 20.3. The zero-order valence-corrected chi connectivity index (χ0v) is 14.8. The van der Waals surface area contributed by atoms with Crippen LogP contribution in [0.3, 0.4) is 0 Å². The van der Waals surface area contributed by atoms with Gasteiger partial charge in [-0.15, -0.1) is 0 Å². The highest BCUT2D eigenvalue weighted by Crippen LogP contribution is 2.32. The molecule has 1 aromatic heterocycles. The zero-order valence-electron chi connectivity index (χ0n) is 14.0. The zero-order chi connectivity index (χ0) is 19.5. The summed E-state index contributed by atoms with van der Waals surface area (Å²) in [5.74, 6) is -1.58. The maximum absolute atomic E-state index is 12.6. The summed E-state index contributed by atoms with van der Waals surface area (Å²) < 4.78 is 37.7. The molecule has 1 fully saturated rings. The summed E-state index contributed by atoms with van der Waals surface area (Å²) in [6.07, 6.45) is -3.28. The average molecular weight is 394 g/mol. The molecule has 1 aliphatic rings. The molecule has 0 bridgehead atoms. The van der Waals surface area contributed by atoms with Crippen molar-refractivity contribution in [2.24, 2.45) is 11.8 Å². The van der Waals surface area contributed by atoms with Crippen LogP contribution in [-0.4, -0.2) is 46.5 Å². The summed E-state index contributed by atoms with van der Waals surface area (Å²) in [5, 5.41) is 11.7. The normalized spacial score (nSPS) is 20.7. The molecule has 0 aromatic carbocycles. The number of carbonyl (C=O) groups excluding carboxylic acids is 1. The van der Waals surface area contributed by atoms with Crippen molar-refractivity contribution in [3.8, 4) is 0 Å². The number of pyridine rings is 1. The van der Waals surface area contributed by atoms with E-state index in [4.69, 9.17) is 16.7 Å². The third-order valence-electron chi connectivity index (χ3n) is 4.16. The fourth-order valence-electron chi connectivity index (χ4n) is 2.90. The van der Waals surface area contributed by atoms with E-state index in [1.165, 1.54) is 4.90 Å². The van der Waals surface area contributed by atoms with Gasteiger partial charge in [0.2, 0.25) is 5.91 Å². The number of carboxylic acid groups (broad SMARTS) is 1. The second-order valence-corrected chi connectivity index (χ2v) is 6.81. The van der Waals surface area contributed by atoms with Crippen molar-refractivity contribution in [3.63, 3.8) is 0 Å². The van der Waals surface area contributed by atoms with E-state index in [1.807, 2.05) is 6.92 Å². The summed E-state index contributed by atoms with van der Waals surface area (Å²) in [6, 6.07) is 0.766. The van der Waals surface area contributed by atoms with Crippen LogP contribution in [0.1, 0.15) is 25.3 Å². The van der Waals surface area contributed by atoms with Gasteiger partial charge in [0.25, 0.3) is 0 Å². The number of nitrogens with zero attached hydrogens (tertiary/aromatic N) is 2. The second kappa shape index (κ2) is 8.11. The number of halogens is 4. The van der Waals surface area contributed by atoms with E-state index in [2.05, 4.69) is 10.3 Å². The fourth-order valence-corrected chi connectivity index (χ4v) is 3.14. The third-order valence-corrected chi connectivity index (χ3v) is 4.45. The van der Waals surface area contributed by atoms with Gasteiger partial charge in [-0.2, -0.15) is 13.2 Å². The number of carboxylic acids is 1. The van der Waals surface area contributed by atoms with Crippen LogP contribution < -0.4 is 5.32 Å². The van der Waals surface area contributed by atoms with E-state index < -0.39 is 23.6 Å². The first-order valence-electron chi connectivity index (χ1n) is 8.05. The fraction of sp³-hybridized carbons (Fsp3) is 0.562. The number of aliphatic carboxylic acids is 1. The van der Waals surface area contributed by atoms with Gasteiger partial charge in [0.05, 0.1) is 16.5 Å². The van der Waals surface area contributed by atoms with Crippen molar-refractivity contribution in [2.45, 2.75) is 25.9 Å². The molecule has 2 unspecified atom stereocenters. The molecule has 1 aliphatic heterocycles. The van der Waals surface area contributed by atoms with Crippen molar-refractivity contribution in [1.29, 1.82) is 0 Å². The van der Waals surface area contributed by atoms with E-state index in [1.54, 1.807) is 0 Å². The number of hydrogen-bond donors (Lipinski definition) is 2. The number of likely N-dealkylation sites (tertiary alicyclic amines) is 1. The van der Waals surface area contributed by atoms with E-state index in [9.17, 15) is 22.8 Å². The predicted octanol–water partition coefficient (Wildman–Crippen LogP) is 3.13. The number of alkyl halides is 3. The van der Waals surface area contributed by atoms with Crippen LogP contribution in [0.5, 0.6) is 0 Å². The standard InChI is InChI=1S/C16H19ClF3N3O3/c1-9-4-10(15(25)26)8-23(7-9)13(24)2-3-21-14-12(17)5-11(6-22-14)16(18,19)20/h5-6,9-10H,2-4,7-8H2,1H3,(H,21,22)(H,25,26). The minimum atomic E-state index is -4.53. The van der Waals surface area contributed by atoms with Crippen LogP contribution in [0, 0.1) is 11.8 Å². The lowest BCUT2D eigenvalue weighted by molar-refractivity contribution is -0.147. The Kier molecular flexibility index (Phi) is 6.33. The molecule has 0 radical (unpaired) electrons. The van der Waals surface area contributed by atoms with E-state index >= 15 is 0 Å². The first-order chi connectivity index (χ1) is 12.1. The molecule has 0 spiro atoms. The van der Waals surface area contributed by atoms with E-state index in [0.717, 1.165) is 6.07 Å². The van der Waals surface area contributed by atoms with Crippen LogP contribution in [0.25, 0.3) is 0 Å². The van der Waals surface area contributed by atoms with Gasteiger partial charge in [-0.25, -0.2) is 4.98 Å². The number of anilines is 1. The monoisotopic (exact) mass is 393 g/mol. The molecule has 144 valence electrons. The van der Waals surface area contributed by atoms with Gasteiger partial charge in [-0.05, 0) is 18.4 Å². The maximum atomic E-state index is 12.6. The number of carbonyl (C=O) groups is 2. The molecular formula is C16H19ClF3N3O3. The van der Waals surface area contributed by atoms with Crippen LogP contribution in [0.2, 0.25) is 5.02 Å². The molecule has 6 nitrogen and oxygen atoms in total. The van der Waals surface area contributed by atoms with Crippen LogP contribution in [-0.2, 0) is 15.8 Å². The number of rotatable bonds is 5. The molecule has 0 saturated carbocycles. The highest BCUT2D eigenvalue weighted by atomic mass is 35.5. The van der Waals surface area contributed by atoms with Gasteiger partial charge in [0, 0.05) is 32.3 Å². The largest absolute Gasteiger partial charge is 0.481 e. The molecule has 1 aromatic rings. The molecular weight excluding hydrogens is 375 g/mol. The molecule has 0 aliphatic carbocycles. The van der Waals surface area contributed by atoms with E-state index in [-0.39, 0.29) is 42.2 Å². The van der Waals surface area contributed by atoms with Crippen molar-refractivity contribution >= 4 is 29.3 Å². The van der Waals surface area contributed by atoms with Gasteiger partial charge >= 0.3 is 12.1 Å². The summed E-state index contributed by atoms with van der Waals surface area (Å²) in [6.45, 7) is 2.67. The number of hydrogen-bond acceptors (Lipinski definition) is 4. The number of nitrogens with one attached hydrogen (secondary N) is 1. The lowest BCUT2D eigenvalue weighted by atomic mass is 9.90. The Bertz CT molecular complexity index is 684. The number of aromatic nitrogens is 1. The van der Waals surface area contributed by atoms with Crippen LogP contribution >= 0.6 is 11.6 Å². The maximum Gasteiger partial charge on any atom is 0.417 e. The van der Waals surface area contributed by atoms with Gasteiger partial charge in [-0.3, -0.25) is 9.59 Å². The van der Waals surface area contributed by atoms with Crippen LogP contribution in [0.4, 0.5) is 19.0 Å². The van der Waals surface area contributed by atoms with Crippen LogP contribution in [0.15, 0.2) is 12.3 Å². The van der Waals surface area contributed by atoms with E-state index in [0.29, 0.717) is 19.2 Å². The Hall–Kier alpha value is -2.03. The highest BCUT2D eigenvalue weighted by Gasteiger charge is 2.32. The van der Waals surface area contributed by atoms with Gasteiger partial charge in [0.15, 0.2) is 0 Å². The summed E-state index contributed by atoms with van der Waals surface area (Å²) in [5.41, 5.74) is -0.953. The topological polar surface area (TPSA) is 82.5 Å². The Morgan fingerprint density at radius 2 is 2.12 bits per heavy atom. The molecule has 26 heavy (non-hydrogen) atoms. The Labute approximate surface area is 153 Å². The van der Waals surface area contributed by atoms with Crippen molar-refractivity contribution in [2.75, 3.05) is 25.0 Å². The molecule has 2 heterocycles. The van der Waals surface area contributed by atoms with Gasteiger partial charge in [-0.1, -0.05) is 18.5 Å². The van der Waals surface area contributed by atoms with Crippen molar-refractivity contribution in [3.05, 3.63) is 22.8 Å². The second-order valence-electron chi connectivity index (χ2n) is 6.40. The Balaban J connectivity index is 1.89. The molecule has 1 saturated heterocycles. The van der Waals surface area contributed by atoms with Crippen molar-refractivity contribution in [1.82, 2.24) is 9.88 Å². The van der Waals surface area contributed by atoms with Crippen molar-refractivity contribution < 1.29 is 27.9 Å². The molecule has 2 rings (SSSR count). The van der Waals surface area contributed by atoms with Gasteiger partial charge < -0.3 is 15.3 Å². The minimum Gasteiger partial charge on any atom is -0.481 e. The quantitative estimate of drug-likeness (QED) is 0.803. The Morgan fingerprint density at radius 1 is 1.42 bits per heavy atom. The summed E-state index contributed by atoms with van der Waals surface area (Å²) >= 11 is 5.79.